The Morgan fingerprint density at radius 3 is 2.21 bits per heavy atom. The molecule has 0 saturated carbocycles. The molecule has 102 valence electrons. The zero-order chi connectivity index (χ0) is 13.8. The van der Waals surface area contributed by atoms with Crippen LogP contribution >= 0.6 is 0 Å². The molecular weight excluding hydrogens is 238 g/mol. The molecule has 1 aromatic carbocycles. The number of anilines is 1. The molecule has 2 aromatic rings. The number of nitrogens with two attached hydrogens (primary N) is 1. The normalized spacial score (nSPS) is 10.9. The summed E-state index contributed by atoms with van der Waals surface area (Å²) < 4.78 is 5.57. The van der Waals surface area contributed by atoms with Crippen LogP contribution in [0.3, 0.4) is 0 Å². The minimum Gasteiger partial charge on any atom is -0.425 e. The fourth-order valence-corrected chi connectivity index (χ4v) is 2.32. The summed E-state index contributed by atoms with van der Waals surface area (Å²) >= 11 is 0. The van der Waals surface area contributed by atoms with Gasteiger partial charge in [0.2, 0.25) is 11.8 Å². The fraction of sp³-hybridized carbons (Fsp3) is 0.467. The van der Waals surface area contributed by atoms with Crippen molar-refractivity contribution in [2.45, 2.75) is 46.5 Å². The summed E-state index contributed by atoms with van der Waals surface area (Å²) in [6.07, 6.45) is 3.30. The average Bonchev–Trinajstić information content (AvgIpc) is 2.87. The number of nitrogens with zero attached hydrogens (tertiary/aromatic N) is 2. The Labute approximate surface area is 114 Å². The molecule has 0 saturated heterocycles. The molecule has 4 nitrogen and oxygen atoms in total. The Kier molecular flexibility index (Phi) is 4.20. The van der Waals surface area contributed by atoms with Crippen molar-refractivity contribution in [3.05, 3.63) is 40.6 Å². The zero-order valence-corrected chi connectivity index (χ0v) is 11.9. The number of benzene rings is 1. The van der Waals surface area contributed by atoms with Crippen LogP contribution in [0.5, 0.6) is 0 Å². The van der Waals surface area contributed by atoms with Crippen molar-refractivity contribution in [1.82, 2.24) is 10.2 Å². The Balaban J connectivity index is 2.31. The molecule has 2 N–H and O–H groups in total. The standard InChI is InChI=1S/C15H21N3O/c1-4-10-7-8-11(12(5-2)15(10)16)9-14-18-17-13(6-3)19-14/h7-8H,4-6,9,16H2,1-3H3. The van der Waals surface area contributed by atoms with Crippen molar-refractivity contribution >= 4 is 5.69 Å². The third-order valence-electron chi connectivity index (χ3n) is 3.43. The molecule has 0 aliphatic heterocycles. The van der Waals surface area contributed by atoms with Gasteiger partial charge in [0, 0.05) is 12.1 Å². The van der Waals surface area contributed by atoms with Crippen LogP contribution in [0.4, 0.5) is 5.69 Å². The maximum atomic E-state index is 6.22. The van der Waals surface area contributed by atoms with Crippen LogP contribution in [0.2, 0.25) is 0 Å². The SMILES string of the molecule is CCc1nnc(Cc2ccc(CC)c(N)c2CC)o1. The summed E-state index contributed by atoms with van der Waals surface area (Å²) in [6.45, 7) is 6.25. The van der Waals surface area contributed by atoms with E-state index in [9.17, 15) is 0 Å². The highest BCUT2D eigenvalue weighted by Gasteiger charge is 2.12. The molecule has 2 rings (SSSR count). The first-order valence-corrected chi connectivity index (χ1v) is 6.89. The Morgan fingerprint density at radius 2 is 1.63 bits per heavy atom. The monoisotopic (exact) mass is 259 g/mol. The molecule has 1 heterocycles. The van der Waals surface area contributed by atoms with Gasteiger partial charge in [0.05, 0.1) is 6.42 Å². The zero-order valence-electron chi connectivity index (χ0n) is 11.9. The minimum atomic E-state index is 0.657. The molecule has 0 aliphatic rings. The van der Waals surface area contributed by atoms with Crippen LogP contribution in [0.15, 0.2) is 16.5 Å². The van der Waals surface area contributed by atoms with Gasteiger partial charge in [-0.05, 0) is 29.5 Å². The molecule has 0 unspecified atom stereocenters. The Hall–Kier alpha value is -1.84. The lowest BCUT2D eigenvalue weighted by Gasteiger charge is -2.13. The van der Waals surface area contributed by atoms with Gasteiger partial charge in [-0.2, -0.15) is 0 Å². The van der Waals surface area contributed by atoms with Crippen LogP contribution < -0.4 is 5.73 Å². The smallest absolute Gasteiger partial charge is 0.220 e. The quantitative estimate of drug-likeness (QED) is 0.838. The molecule has 0 amide bonds. The van der Waals surface area contributed by atoms with Crippen molar-refractivity contribution in [3.63, 3.8) is 0 Å². The van der Waals surface area contributed by atoms with Crippen LogP contribution in [0.25, 0.3) is 0 Å². The molecule has 19 heavy (non-hydrogen) atoms. The average molecular weight is 259 g/mol. The van der Waals surface area contributed by atoms with Gasteiger partial charge in [-0.25, -0.2) is 0 Å². The van der Waals surface area contributed by atoms with Gasteiger partial charge in [0.25, 0.3) is 0 Å². The van der Waals surface area contributed by atoms with Crippen LogP contribution in [0, 0.1) is 0 Å². The summed E-state index contributed by atoms with van der Waals surface area (Å²) in [5.41, 5.74) is 10.7. The molecule has 0 bridgehead atoms. The van der Waals surface area contributed by atoms with Gasteiger partial charge in [-0.1, -0.05) is 32.9 Å². The van der Waals surface area contributed by atoms with E-state index >= 15 is 0 Å². The van der Waals surface area contributed by atoms with Gasteiger partial charge in [0.15, 0.2) is 0 Å². The predicted molar refractivity (Wildman–Crippen MR) is 76.1 cm³/mol. The number of hydrogen-bond acceptors (Lipinski definition) is 4. The van der Waals surface area contributed by atoms with Crippen molar-refractivity contribution in [3.8, 4) is 0 Å². The second-order valence-electron chi connectivity index (χ2n) is 4.60. The molecule has 0 radical (unpaired) electrons. The first-order valence-electron chi connectivity index (χ1n) is 6.89. The number of nitrogen functional groups attached to an aromatic ring is 1. The summed E-state index contributed by atoms with van der Waals surface area (Å²) in [4.78, 5) is 0. The van der Waals surface area contributed by atoms with Crippen LogP contribution in [0.1, 0.15) is 49.2 Å². The molecule has 1 aromatic heterocycles. The fourth-order valence-electron chi connectivity index (χ4n) is 2.32. The first kappa shape index (κ1) is 13.6. The largest absolute Gasteiger partial charge is 0.425 e. The van der Waals surface area contributed by atoms with Gasteiger partial charge in [-0.15, -0.1) is 10.2 Å². The summed E-state index contributed by atoms with van der Waals surface area (Å²) in [5.74, 6) is 1.35. The van der Waals surface area contributed by atoms with E-state index in [0.29, 0.717) is 18.2 Å². The molecular formula is C15H21N3O. The summed E-state index contributed by atoms with van der Waals surface area (Å²) in [5, 5.41) is 8.07. The Morgan fingerprint density at radius 1 is 0.947 bits per heavy atom. The maximum Gasteiger partial charge on any atom is 0.220 e. The molecule has 0 spiro atoms. The van der Waals surface area contributed by atoms with E-state index in [2.05, 4.69) is 36.2 Å². The van der Waals surface area contributed by atoms with Crippen molar-refractivity contribution in [2.24, 2.45) is 0 Å². The second kappa shape index (κ2) is 5.87. The Bertz CT molecular complexity index is 561. The topological polar surface area (TPSA) is 64.9 Å². The lowest BCUT2D eigenvalue weighted by atomic mass is 9.96. The highest BCUT2D eigenvalue weighted by molar-refractivity contribution is 5.57. The first-order chi connectivity index (χ1) is 9.19. The van der Waals surface area contributed by atoms with E-state index in [0.717, 1.165) is 24.9 Å². The van der Waals surface area contributed by atoms with Gasteiger partial charge >= 0.3 is 0 Å². The van der Waals surface area contributed by atoms with Crippen molar-refractivity contribution in [1.29, 1.82) is 0 Å². The number of aryl methyl sites for hydroxylation is 2. The molecule has 0 atom stereocenters. The third-order valence-corrected chi connectivity index (χ3v) is 3.43. The van der Waals surface area contributed by atoms with E-state index < -0.39 is 0 Å². The maximum absolute atomic E-state index is 6.22. The van der Waals surface area contributed by atoms with E-state index in [-0.39, 0.29) is 0 Å². The minimum absolute atomic E-state index is 0.657. The van der Waals surface area contributed by atoms with E-state index in [4.69, 9.17) is 10.2 Å². The van der Waals surface area contributed by atoms with E-state index in [1.807, 2.05) is 6.92 Å². The third kappa shape index (κ3) is 2.78. The van der Waals surface area contributed by atoms with E-state index in [1.54, 1.807) is 0 Å². The molecule has 4 heteroatoms. The van der Waals surface area contributed by atoms with Crippen LogP contribution in [-0.4, -0.2) is 10.2 Å². The molecule has 0 fully saturated rings. The van der Waals surface area contributed by atoms with Crippen molar-refractivity contribution < 1.29 is 4.42 Å². The summed E-state index contributed by atoms with van der Waals surface area (Å²) in [7, 11) is 0. The predicted octanol–water partition coefficient (Wildman–Crippen LogP) is 2.93. The molecule has 0 aliphatic carbocycles. The lowest BCUT2D eigenvalue weighted by molar-refractivity contribution is 0.462. The van der Waals surface area contributed by atoms with Gasteiger partial charge in [0.1, 0.15) is 0 Å². The number of rotatable bonds is 5. The van der Waals surface area contributed by atoms with E-state index in [1.165, 1.54) is 16.7 Å². The lowest BCUT2D eigenvalue weighted by Crippen LogP contribution is -2.04. The van der Waals surface area contributed by atoms with Gasteiger partial charge in [-0.3, -0.25) is 0 Å². The highest BCUT2D eigenvalue weighted by Crippen LogP contribution is 2.25. The highest BCUT2D eigenvalue weighted by atomic mass is 16.4. The number of hydrogen-bond donors (Lipinski definition) is 1. The van der Waals surface area contributed by atoms with Crippen LogP contribution in [-0.2, 0) is 25.7 Å². The summed E-state index contributed by atoms with van der Waals surface area (Å²) in [6, 6.07) is 4.23. The van der Waals surface area contributed by atoms with Gasteiger partial charge < -0.3 is 10.2 Å². The van der Waals surface area contributed by atoms with Crippen molar-refractivity contribution in [2.75, 3.05) is 5.73 Å². The second-order valence-corrected chi connectivity index (χ2v) is 4.60. The number of aromatic nitrogens is 2.